The minimum atomic E-state index is -0.155. The van der Waals surface area contributed by atoms with Gasteiger partial charge in [0.1, 0.15) is 0 Å². The van der Waals surface area contributed by atoms with Crippen LogP contribution in [0.25, 0.3) is 0 Å². The Hall–Kier alpha value is -0.300. The number of guanidine groups is 1. The van der Waals surface area contributed by atoms with E-state index in [1.54, 1.807) is 0 Å². The van der Waals surface area contributed by atoms with Crippen LogP contribution in [0.2, 0.25) is 0 Å². The van der Waals surface area contributed by atoms with Crippen LogP contribution >= 0.6 is 24.0 Å². The summed E-state index contributed by atoms with van der Waals surface area (Å²) in [4.78, 5) is 6.83. The van der Waals surface area contributed by atoms with Gasteiger partial charge >= 0.3 is 0 Å². The van der Waals surface area contributed by atoms with Crippen LogP contribution in [0.5, 0.6) is 0 Å². The molecule has 20 heavy (non-hydrogen) atoms. The highest BCUT2D eigenvalue weighted by molar-refractivity contribution is 14.0. The first-order valence-corrected chi connectivity index (χ1v) is 7.47. The molecule has 0 spiro atoms. The average Bonchev–Trinajstić information content (AvgIpc) is 2.80. The maximum Gasteiger partial charge on any atom is 0.193 e. The fourth-order valence-electron chi connectivity index (χ4n) is 2.48. The van der Waals surface area contributed by atoms with Crippen LogP contribution in [0.3, 0.4) is 0 Å². The third kappa shape index (κ3) is 6.92. The van der Waals surface area contributed by atoms with Gasteiger partial charge in [0.2, 0.25) is 0 Å². The zero-order valence-electron chi connectivity index (χ0n) is 12.8. The summed E-state index contributed by atoms with van der Waals surface area (Å²) in [6.45, 7) is 8.41. The van der Waals surface area contributed by atoms with Crippen molar-refractivity contribution >= 4 is 29.9 Å². The molecule has 2 unspecified atom stereocenters. The molecule has 1 saturated carbocycles. The van der Waals surface area contributed by atoms with Gasteiger partial charge in [-0.3, -0.25) is 4.99 Å². The van der Waals surface area contributed by atoms with E-state index in [1.807, 2.05) is 6.08 Å². The summed E-state index contributed by atoms with van der Waals surface area (Å²) in [5, 5.41) is 13.1. The highest BCUT2D eigenvalue weighted by Crippen LogP contribution is 2.25. The molecule has 0 aliphatic heterocycles. The molecule has 1 rings (SSSR count). The van der Waals surface area contributed by atoms with Crippen LogP contribution in [0.1, 0.15) is 39.0 Å². The molecular formula is C15H30IN3O. The first-order valence-electron chi connectivity index (χ1n) is 7.47. The normalized spacial score (nSPS) is 22.2. The van der Waals surface area contributed by atoms with Crippen molar-refractivity contribution in [2.45, 2.75) is 45.1 Å². The zero-order chi connectivity index (χ0) is 14.1. The molecule has 4 nitrogen and oxygen atoms in total. The molecule has 0 amide bonds. The molecule has 1 fully saturated rings. The lowest BCUT2D eigenvalue weighted by atomic mass is 10.1. The first-order chi connectivity index (χ1) is 9.19. The summed E-state index contributed by atoms with van der Waals surface area (Å²) in [5.41, 5.74) is 0. The Labute approximate surface area is 140 Å². The summed E-state index contributed by atoms with van der Waals surface area (Å²) < 4.78 is 0. The number of hydrogen-bond acceptors (Lipinski definition) is 2. The summed E-state index contributed by atoms with van der Waals surface area (Å²) in [6.07, 6.45) is 7.09. The largest absolute Gasteiger partial charge is 0.393 e. The molecule has 0 aromatic heterocycles. The van der Waals surface area contributed by atoms with Gasteiger partial charge in [-0.2, -0.15) is 0 Å². The van der Waals surface area contributed by atoms with E-state index in [0.717, 1.165) is 57.7 Å². The number of aliphatic hydroxyl groups is 1. The molecule has 0 heterocycles. The lowest BCUT2D eigenvalue weighted by Crippen LogP contribution is -2.40. The number of nitrogens with zero attached hydrogens (tertiary/aromatic N) is 2. The van der Waals surface area contributed by atoms with Gasteiger partial charge in [-0.1, -0.05) is 12.5 Å². The standard InChI is InChI=1S/C15H29N3O.HI/c1-4-6-7-11-18(3)15(16-5-2)17-12-13-9-8-10-14(13)19;/h4,13-14,19H,1,5-12H2,2-3H3,(H,16,17);1H. The maximum absolute atomic E-state index is 9.83. The Kier molecular flexibility index (Phi) is 11.2. The monoisotopic (exact) mass is 395 g/mol. The molecule has 0 bridgehead atoms. The minimum absolute atomic E-state index is 0. The van der Waals surface area contributed by atoms with Crippen LogP contribution in [0.4, 0.5) is 0 Å². The molecule has 0 saturated heterocycles. The summed E-state index contributed by atoms with van der Waals surface area (Å²) in [6, 6.07) is 0. The Balaban J connectivity index is 0.00000361. The van der Waals surface area contributed by atoms with Crippen molar-refractivity contribution in [1.82, 2.24) is 10.2 Å². The van der Waals surface area contributed by atoms with E-state index >= 15 is 0 Å². The quantitative estimate of drug-likeness (QED) is 0.229. The van der Waals surface area contributed by atoms with E-state index in [0.29, 0.717) is 5.92 Å². The summed E-state index contributed by atoms with van der Waals surface area (Å²) >= 11 is 0. The van der Waals surface area contributed by atoms with Crippen LogP contribution in [-0.4, -0.2) is 48.8 Å². The van der Waals surface area contributed by atoms with E-state index in [9.17, 15) is 5.11 Å². The van der Waals surface area contributed by atoms with E-state index < -0.39 is 0 Å². The lowest BCUT2D eigenvalue weighted by molar-refractivity contribution is 0.136. The van der Waals surface area contributed by atoms with Gasteiger partial charge in [-0.15, -0.1) is 30.6 Å². The molecule has 0 aromatic carbocycles. The number of nitrogens with one attached hydrogen (secondary N) is 1. The first kappa shape index (κ1) is 19.7. The molecule has 2 N–H and O–H groups in total. The number of rotatable bonds is 7. The number of unbranched alkanes of at least 4 members (excludes halogenated alkanes) is 1. The van der Waals surface area contributed by atoms with Crippen molar-refractivity contribution in [3.05, 3.63) is 12.7 Å². The Morgan fingerprint density at radius 2 is 2.25 bits per heavy atom. The van der Waals surface area contributed by atoms with Crippen molar-refractivity contribution in [2.75, 3.05) is 26.7 Å². The number of halogens is 1. The van der Waals surface area contributed by atoms with Crippen molar-refractivity contribution in [3.8, 4) is 0 Å². The SMILES string of the molecule is C=CCCCN(C)C(=NCC1CCCC1O)NCC.I. The zero-order valence-corrected chi connectivity index (χ0v) is 15.2. The second-order valence-corrected chi connectivity index (χ2v) is 5.31. The van der Waals surface area contributed by atoms with Gasteiger partial charge in [0, 0.05) is 32.6 Å². The van der Waals surface area contributed by atoms with E-state index in [-0.39, 0.29) is 30.1 Å². The van der Waals surface area contributed by atoms with Crippen LogP contribution in [0.15, 0.2) is 17.6 Å². The highest BCUT2D eigenvalue weighted by atomic mass is 127. The minimum Gasteiger partial charge on any atom is -0.393 e. The van der Waals surface area contributed by atoms with Crippen molar-refractivity contribution in [3.63, 3.8) is 0 Å². The van der Waals surface area contributed by atoms with Gasteiger partial charge in [-0.05, 0) is 32.6 Å². The van der Waals surface area contributed by atoms with Gasteiger partial charge in [0.15, 0.2) is 5.96 Å². The van der Waals surface area contributed by atoms with Gasteiger partial charge < -0.3 is 15.3 Å². The van der Waals surface area contributed by atoms with Crippen LogP contribution in [-0.2, 0) is 0 Å². The number of allylic oxidation sites excluding steroid dienone is 1. The average molecular weight is 395 g/mol. The molecule has 118 valence electrons. The third-order valence-electron chi connectivity index (χ3n) is 3.69. The van der Waals surface area contributed by atoms with Crippen molar-refractivity contribution in [2.24, 2.45) is 10.9 Å². The molecule has 0 aromatic rings. The number of aliphatic imine (C=N–C) groups is 1. The van der Waals surface area contributed by atoms with E-state index in [2.05, 4.69) is 35.8 Å². The van der Waals surface area contributed by atoms with Gasteiger partial charge in [0.05, 0.1) is 6.10 Å². The Morgan fingerprint density at radius 3 is 2.80 bits per heavy atom. The number of hydrogen-bond donors (Lipinski definition) is 2. The predicted molar refractivity (Wildman–Crippen MR) is 96.8 cm³/mol. The molecule has 0 radical (unpaired) electrons. The molecule has 5 heteroatoms. The fraction of sp³-hybridized carbons (Fsp3) is 0.800. The smallest absolute Gasteiger partial charge is 0.193 e. The van der Waals surface area contributed by atoms with Crippen molar-refractivity contribution in [1.29, 1.82) is 0 Å². The molecule has 2 atom stereocenters. The predicted octanol–water partition coefficient (Wildman–Crippen LogP) is 2.63. The van der Waals surface area contributed by atoms with Gasteiger partial charge in [0.25, 0.3) is 0 Å². The highest BCUT2D eigenvalue weighted by Gasteiger charge is 2.24. The van der Waals surface area contributed by atoms with E-state index in [1.165, 1.54) is 0 Å². The maximum atomic E-state index is 9.83. The summed E-state index contributed by atoms with van der Waals surface area (Å²) in [5.74, 6) is 1.29. The fourth-order valence-corrected chi connectivity index (χ4v) is 2.48. The number of aliphatic hydroxyl groups excluding tert-OH is 1. The topological polar surface area (TPSA) is 47.9 Å². The Bertz CT molecular complexity index is 297. The van der Waals surface area contributed by atoms with Crippen LogP contribution < -0.4 is 5.32 Å². The summed E-state index contributed by atoms with van der Waals surface area (Å²) in [7, 11) is 2.07. The van der Waals surface area contributed by atoms with Crippen LogP contribution in [0, 0.1) is 5.92 Å². The molecule has 1 aliphatic rings. The van der Waals surface area contributed by atoms with E-state index in [4.69, 9.17) is 0 Å². The third-order valence-corrected chi connectivity index (χ3v) is 3.69. The van der Waals surface area contributed by atoms with Crippen molar-refractivity contribution < 1.29 is 5.11 Å². The molecular weight excluding hydrogens is 365 g/mol. The second kappa shape index (κ2) is 11.4. The van der Waals surface area contributed by atoms with Gasteiger partial charge in [-0.25, -0.2) is 0 Å². The second-order valence-electron chi connectivity index (χ2n) is 5.31. The Morgan fingerprint density at radius 1 is 1.50 bits per heavy atom. The molecule has 1 aliphatic carbocycles. The lowest BCUT2D eigenvalue weighted by Gasteiger charge is -2.22.